The van der Waals surface area contributed by atoms with E-state index in [1.807, 2.05) is 0 Å². The molecule has 17 heavy (non-hydrogen) atoms. The number of hydrogen-bond acceptors (Lipinski definition) is 3. The van der Waals surface area contributed by atoms with Crippen molar-refractivity contribution in [3.63, 3.8) is 0 Å². The van der Waals surface area contributed by atoms with Crippen molar-refractivity contribution in [2.24, 2.45) is 0 Å². The van der Waals surface area contributed by atoms with Crippen LogP contribution in [0.25, 0.3) is 0 Å². The van der Waals surface area contributed by atoms with Crippen molar-refractivity contribution in [1.82, 2.24) is 5.32 Å². The summed E-state index contributed by atoms with van der Waals surface area (Å²) in [7, 11) is 0. The first-order valence-corrected chi connectivity index (χ1v) is 5.09. The summed E-state index contributed by atoms with van der Waals surface area (Å²) in [5, 5.41) is 10.9. The Kier molecular flexibility index (Phi) is 5.35. The highest BCUT2D eigenvalue weighted by molar-refractivity contribution is 5.75. The third-order valence-corrected chi connectivity index (χ3v) is 1.91. The van der Waals surface area contributed by atoms with Gasteiger partial charge in [0.1, 0.15) is 5.82 Å². The molecule has 1 rings (SSSR count). The first kappa shape index (κ1) is 13.4. The molecule has 0 saturated heterocycles. The molecule has 0 saturated carbocycles. The van der Waals surface area contributed by atoms with E-state index < -0.39 is 11.6 Å². The highest BCUT2D eigenvalue weighted by atomic mass is 19.1. The van der Waals surface area contributed by atoms with E-state index in [9.17, 15) is 13.6 Å². The number of nitrogens with one attached hydrogen (secondary N) is 1. The second-order valence-corrected chi connectivity index (χ2v) is 3.25. The number of carbonyl (C=O) groups is 1. The van der Waals surface area contributed by atoms with Gasteiger partial charge in [-0.15, -0.1) is 0 Å². The number of rotatable bonds is 6. The maximum absolute atomic E-state index is 13.1. The van der Waals surface area contributed by atoms with Crippen LogP contribution in [-0.4, -0.2) is 30.8 Å². The van der Waals surface area contributed by atoms with Crippen LogP contribution >= 0.6 is 0 Å². The molecule has 0 aliphatic heterocycles. The summed E-state index contributed by atoms with van der Waals surface area (Å²) in [6, 6.07) is 2.95. The molecule has 1 aromatic rings. The molecule has 2 N–H and O–H groups in total. The van der Waals surface area contributed by atoms with E-state index in [0.29, 0.717) is 6.07 Å². The van der Waals surface area contributed by atoms with E-state index in [4.69, 9.17) is 9.84 Å². The molecule has 4 nitrogen and oxygen atoms in total. The van der Waals surface area contributed by atoms with Gasteiger partial charge in [-0.1, -0.05) is 0 Å². The lowest BCUT2D eigenvalue weighted by molar-refractivity contribution is -0.121. The van der Waals surface area contributed by atoms with Gasteiger partial charge in [-0.3, -0.25) is 4.79 Å². The molecule has 0 fully saturated rings. The van der Waals surface area contributed by atoms with Gasteiger partial charge < -0.3 is 15.2 Å². The molecular formula is C11H13F2NO3. The molecule has 1 aromatic carbocycles. The average Bonchev–Trinajstić information content (AvgIpc) is 2.29. The Morgan fingerprint density at radius 3 is 2.82 bits per heavy atom. The minimum Gasteiger partial charge on any atom is -0.490 e. The number of halogens is 2. The van der Waals surface area contributed by atoms with Crippen molar-refractivity contribution in [2.75, 3.05) is 19.8 Å². The Bertz CT molecular complexity index is 385. The van der Waals surface area contributed by atoms with Crippen LogP contribution in [0.3, 0.4) is 0 Å². The molecule has 1 amide bonds. The van der Waals surface area contributed by atoms with Gasteiger partial charge in [0.05, 0.1) is 19.6 Å². The lowest BCUT2D eigenvalue weighted by Gasteiger charge is -2.07. The Labute approximate surface area is 97.2 Å². The molecule has 0 aromatic heterocycles. The van der Waals surface area contributed by atoms with Crippen molar-refractivity contribution >= 4 is 5.91 Å². The van der Waals surface area contributed by atoms with Crippen molar-refractivity contribution in [2.45, 2.75) is 6.42 Å². The Morgan fingerprint density at radius 1 is 1.41 bits per heavy atom. The van der Waals surface area contributed by atoms with Crippen molar-refractivity contribution in [3.8, 4) is 5.75 Å². The van der Waals surface area contributed by atoms with Gasteiger partial charge in [0, 0.05) is 12.6 Å². The number of amides is 1. The summed E-state index contributed by atoms with van der Waals surface area (Å²) >= 11 is 0. The van der Waals surface area contributed by atoms with Crippen LogP contribution < -0.4 is 10.1 Å². The third-order valence-electron chi connectivity index (χ3n) is 1.91. The molecular weight excluding hydrogens is 232 g/mol. The molecule has 0 radical (unpaired) electrons. The maximum Gasteiger partial charge on any atom is 0.223 e. The normalized spacial score (nSPS) is 10.1. The zero-order valence-corrected chi connectivity index (χ0v) is 9.08. The van der Waals surface area contributed by atoms with Crippen LogP contribution in [0.5, 0.6) is 5.75 Å². The Balaban J connectivity index is 2.33. The van der Waals surface area contributed by atoms with Gasteiger partial charge >= 0.3 is 0 Å². The number of benzene rings is 1. The molecule has 0 bridgehead atoms. The van der Waals surface area contributed by atoms with E-state index in [0.717, 1.165) is 12.1 Å². The standard InChI is InChI=1S/C11H13F2NO3/c12-8-1-2-10(9(13)7-8)17-6-3-11(16)14-4-5-15/h1-2,7,15H,3-6H2,(H,14,16). The molecule has 94 valence electrons. The molecule has 6 heteroatoms. The largest absolute Gasteiger partial charge is 0.490 e. The second-order valence-electron chi connectivity index (χ2n) is 3.25. The van der Waals surface area contributed by atoms with Crippen molar-refractivity contribution < 1.29 is 23.4 Å². The topological polar surface area (TPSA) is 58.6 Å². The van der Waals surface area contributed by atoms with E-state index in [1.165, 1.54) is 0 Å². The fourth-order valence-corrected chi connectivity index (χ4v) is 1.13. The van der Waals surface area contributed by atoms with Gasteiger partial charge in [0.15, 0.2) is 11.6 Å². The van der Waals surface area contributed by atoms with Gasteiger partial charge in [-0.2, -0.15) is 0 Å². The number of hydrogen-bond donors (Lipinski definition) is 2. The van der Waals surface area contributed by atoms with Crippen LogP contribution in [-0.2, 0) is 4.79 Å². The summed E-state index contributed by atoms with van der Waals surface area (Å²) < 4.78 is 30.6. The third kappa shape index (κ3) is 4.78. The predicted molar refractivity (Wildman–Crippen MR) is 56.6 cm³/mol. The fourth-order valence-electron chi connectivity index (χ4n) is 1.13. The van der Waals surface area contributed by atoms with E-state index in [2.05, 4.69) is 5.32 Å². The van der Waals surface area contributed by atoms with Crippen molar-refractivity contribution in [3.05, 3.63) is 29.8 Å². The summed E-state index contributed by atoms with van der Waals surface area (Å²) in [5.41, 5.74) is 0. The summed E-state index contributed by atoms with van der Waals surface area (Å²) in [5.74, 6) is -1.89. The fraction of sp³-hybridized carbons (Fsp3) is 0.364. The first-order valence-electron chi connectivity index (χ1n) is 5.09. The lowest BCUT2D eigenvalue weighted by atomic mass is 10.3. The molecule has 0 atom stereocenters. The van der Waals surface area contributed by atoms with Gasteiger partial charge in [0.2, 0.25) is 5.91 Å². The van der Waals surface area contributed by atoms with E-state index in [-0.39, 0.29) is 37.8 Å². The lowest BCUT2D eigenvalue weighted by Crippen LogP contribution is -2.27. The maximum atomic E-state index is 13.1. The monoisotopic (exact) mass is 245 g/mol. The number of carbonyl (C=O) groups excluding carboxylic acids is 1. The van der Waals surface area contributed by atoms with Gasteiger partial charge in [0.25, 0.3) is 0 Å². The quantitative estimate of drug-likeness (QED) is 0.781. The molecule has 0 aliphatic rings. The molecule has 0 heterocycles. The summed E-state index contributed by atoms with van der Waals surface area (Å²) in [6.45, 7) is 0.0166. The molecule has 0 aliphatic carbocycles. The Hall–Kier alpha value is -1.69. The second kappa shape index (κ2) is 6.80. The smallest absolute Gasteiger partial charge is 0.223 e. The zero-order valence-electron chi connectivity index (χ0n) is 9.08. The van der Waals surface area contributed by atoms with Crippen molar-refractivity contribution in [1.29, 1.82) is 0 Å². The Morgan fingerprint density at radius 2 is 2.18 bits per heavy atom. The molecule has 0 unspecified atom stereocenters. The SMILES string of the molecule is O=C(CCOc1ccc(F)cc1F)NCCO. The zero-order chi connectivity index (χ0) is 12.7. The van der Waals surface area contributed by atoms with Gasteiger partial charge in [-0.05, 0) is 12.1 Å². The minimum absolute atomic E-state index is 0.0141. The average molecular weight is 245 g/mol. The van der Waals surface area contributed by atoms with Crippen LogP contribution in [0.4, 0.5) is 8.78 Å². The number of aliphatic hydroxyl groups excluding tert-OH is 1. The highest BCUT2D eigenvalue weighted by Crippen LogP contribution is 2.17. The highest BCUT2D eigenvalue weighted by Gasteiger charge is 2.06. The van der Waals surface area contributed by atoms with Crippen LogP contribution in [0.1, 0.15) is 6.42 Å². The molecule has 0 spiro atoms. The minimum atomic E-state index is -0.805. The van der Waals surface area contributed by atoms with Crippen LogP contribution in [0.2, 0.25) is 0 Å². The predicted octanol–water partition coefficient (Wildman–Crippen LogP) is 0.842. The number of ether oxygens (including phenoxy) is 1. The van der Waals surface area contributed by atoms with Crippen LogP contribution in [0.15, 0.2) is 18.2 Å². The van der Waals surface area contributed by atoms with Gasteiger partial charge in [-0.25, -0.2) is 8.78 Å². The summed E-state index contributed by atoms with van der Waals surface area (Å²) in [6.07, 6.45) is 0.0385. The first-order chi connectivity index (χ1) is 8.13. The number of aliphatic hydroxyl groups is 1. The van der Waals surface area contributed by atoms with E-state index in [1.54, 1.807) is 0 Å². The summed E-state index contributed by atoms with van der Waals surface area (Å²) in [4.78, 5) is 11.1. The van der Waals surface area contributed by atoms with Crippen LogP contribution in [0, 0.1) is 11.6 Å². The van der Waals surface area contributed by atoms with E-state index >= 15 is 0 Å².